The molecule has 1 unspecified atom stereocenters. The molecule has 5 nitrogen and oxygen atoms in total. The number of nitrogens with zero attached hydrogens (tertiary/aromatic N) is 2. The van der Waals surface area contributed by atoms with Crippen LogP contribution in [0.1, 0.15) is 28.1 Å². The quantitative estimate of drug-likeness (QED) is 0.253. The van der Waals surface area contributed by atoms with Crippen LogP contribution in [-0.2, 0) is 11.3 Å². The number of hydrogen-bond acceptors (Lipinski definition) is 4. The topological polar surface area (TPSA) is 46.6 Å². The molecule has 3 aliphatic rings. The van der Waals surface area contributed by atoms with Crippen molar-refractivity contribution >= 4 is 44.8 Å². The Morgan fingerprint density at radius 1 is 1.03 bits per heavy atom. The van der Waals surface area contributed by atoms with Gasteiger partial charge in [-0.3, -0.25) is 9.69 Å². The lowest BCUT2D eigenvalue weighted by molar-refractivity contribution is -0.938. The highest BCUT2D eigenvalue weighted by Gasteiger charge is 2.49. The van der Waals surface area contributed by atoms with E-state index in [2.05, 4.69) is 15.9 Å². The second-order valence-electron chi connectivity index (χ2n) is 9.45. The highest BCUT2D eigenvalue weighted by Crippen LogP contribution is 2.36. The highest BCUT2D eigenvalue weighted by molar-refractivity contribution is 9.11. The second kappa shape index (κ2) is 10.2. The van der Waals surface area contributed by atoms with Crippen molar-refractivity contribution in [2.24, 2.45) is 5.92 Å². The van der Waals surface area contributed by atoms with E-state index in [0.717, 1.165) is 40.2 Å². The van der Waals surface area contributed by atoms with Crippen molar-refractivity contribution in [1.82, 2.24) is 0 Å². The molecule has 1 atom stereocenters. The van der Waals surface area contributed by atoms with Gasteiger partial charge in [0.1, 0.15) is 18.9 Å². The predicted molar refractivity (Wildman–Crippen MR) is 138 cm³/mol. The first-order valence-electron chi connectivity index (χ1n) is 11.8. The summed E-state index contributed by atoms with van der Waals surface area (Å²) in [5.41, 5.74) is 1.32. The van der Waals surface area contributed by atoms with Crippen molar-refractivity contribution in [2.75, 3.05) is 31.1 Å². The molecule has 8 heteroatoms. The molecular formula is C27H27BrFN2O3S+. The number of hydrogen-bond donors (Lipinski definition) is 0. The Bertz CT molecular complexity index is 1190. The van der Waals surface area contributed by atoms with Crippen LogP contribution in [0.5, 0.6) is 0 Å². The van der Waals surface area contributed by atoms with Gasteiger partial charge in [0.25, 0.3) is 0 Å². The minimum absolute atomic E-state index is 0.132. The Labute approximate surface area is 216 Å². The van der Waals surface area contributed by atoms with Gasteiger partial charge >= 0.3 is 6.09 Å². The zero-order chi connectivity index (χ0) is 24.4. The number of piperidine rings is 3. The Balaban J connectivity index is 1.32. The van der Waals surface area contributed by atoms with Gasteiger partial charge in [-0.05, 0) is 52.3 Å². The number of anilines is 1. The number of fused-ring (bicyclic) bond motifs is 3. The number of amides is 1. The molecule has 0 saturated carbocycles. The van der Waals surface area contributed by atoms with Crippen molar-refractivity contribution in [3.8, 4) is 0 Å². The molecule has 6 rings (SSSR count). The summed E-state index contributed by atoms with van der Waals surface area (Å²) >= 11 is 5.02. The molecule has 1 aromatic heterocycles. The second-order valence-corrected chi connectivity index (χ2v) is 12.0. The van der Waals surface area contributed by atoms with E-state index in [1.807, 2.05) is 42.5 Å². The molecule has 0 spiro atoms. The van der Waals surface area contributed by atoms with E-state index in [4.69, 9.17) is 4.74 Å². The Morgan fingerprint density at radius 2 is 1.74 bits per heavy atom. The third-order valence-electron chi connectivity index (χ3n) is 7.17. The van der Waals surface area contributed by atoms with Gasteiger partial charge in [-0.2, -0.15) is 0 Å². The van der Waals surface area contributed by atoms with Crippen molar-refractivity contribution in [2.45, 2.75) is 25.5 Å². The lowest BCUT2D eigenvalue weighted by Gasteiger charge is -2.51. The maximum absolute atomic E-state index is 13.6. The largest absolute Gasteiger partial charge is 0.440 e. The Kier molecular flexibility index (Phi) is 7.05. The third-order valence-corrected chi connectivity index (χ3v) is 8.78. The summed E-state index contributed by atoms with van der Waals surface area (Å²) in [5.74, 6) is 0.0804. The van der Waals surface area contributed by atoms with Crippen molar-refractivity contribution in [1.29, 1.82) is 0 Å². The van der Waals surface area contributed by atoms with Gasteiger partial charge in [0.2, 0.25) is 5.78 Å². The lowest BCUT2D eigenvalue weighted by Crippen LogP contribution is -2.66. The molecule has 2 bridgehead atoms. The van der Waals surface area contributed by atoms with Crippen LogP contribution >= 0.6 is 27.3 Å². The average molecular weight is 558 g/mol. The highest BCUT2D eigenvalue weighted by atomic mass is 79.9. The summed E-state index contributed by atoms with van der Waals surface area (Å²) in [7, 11) is 0. The Hall–Kier alpha value is -2.55. The maximum Gasteiger partial charge on any atom is 0.415 e. The average Bonchev–Trinajstić information content (AvgIpc) is 3.29. The van der Waals surface area contributed by atoms with Crippen LogP contribution in [0, 0.1) is 11.7 Å². The number of rotatable bonds is 7. The van der Waals surface area contributed by atoms with Crippen molar-refractivity contribution in [3.05, 3.63) is 86.8 Å². The fraction of sp³-hybridized carbons (Fsp3) is 0.333. The zero-order valence-electron chi connectivity index (χ0n) is 19.2. The predicted octanol–water partition coefficient (Wildman–Crippen LogP) is 6.28. The van der Waals surface area contributed by atoms with E-state index in [1.165, 1.54) is 12.1 Å². The maximum atomic E-state index is 13.6. The Morgan fingerprint density at radius 3 is 2.40 bits per heavy atom. The summed E-state index contributed by atoms with van der Waals surface area (Å²) in [6.07, 6.45) is 1.20. The first kappa shape index (κ1) is 24.2. The van der Waals surface area contributed by atoms with Gasteiger partial charge in [-0.15, -0.1) is 11.3 Å². The van der Waals surface area contributed by atoms with E-state index in [1.54, 1.807) is 28.4 Å². The van der Waals surface area contributed by atoms with E-state index < -0.39 is 6.09 Å². The lowest BCUT2D eigenvalue weighted by atomic mass is 9.83. The summed E-state index contributed by atoms with van der Waals surface area (Å²) in [6.45, 7) is 3.28. The summed E-state index contributed by atoms with van der Waals surface area (Å²) in [4.78, 5) is 29.0. The molecule has 3 fully saturated rings. The molecule has 35 heavy (non-hydrogen) atoms. The van der Waals surface area contributed by atoms with Gasteiger partial charge in [0.05, 0.1) is 23.4 Å². The summed E-state index contributed by atoms with van der Waals surface area (Å²) in [5, 5.41) is 0. The molecule has 182 valence electrons. The molecule has 3 aliphatic heterocycles. The molecule has 0 radical (unpaired) electrons. The van der Waals surface area contributed by atoms with E-state index >= 15 is 0 Å². The van der Waals surface area contributed by atoms with Crippen LogP contribution in [0.2, 0.25) is 0 Å². The molecule has 4 heterocycles. The van der Waals surface area contributed by atoms with Gasteiger partial charge in [-0.1, -0.05) is 30.3 Å². The minimum atomic E-state index is -0.438. The van der Waals surface area contributed by atoms with Crippen molar-refractivity contribution in [3.63, 3.8) is 0 Å². The van der Waals surface area contributed by atoms with E-state index in [-0.39, 0.29) is 17.7 Å². The molecule has 3 saturated heterocycles. The number of benzene rings is 2. The molecule has 0 aliphatic carbocycles. The van der Waals surface area contributed by atoms with Crippen LogP contribution in [-0.4, -0.2) is 48.6 Å². The third kappa shape index (κ3) is 5.50. The number of quaternary nitrogens is 1. The first-order chi connectivity index (χ1) is 16.9. The number of thiophene rings is 1. The fourth-order valence-electron chi connectivity index (χ4n) is 5.26. The fourth-order valence-corrected chi connectivity index (χ4v) is 6.74. The van der Waals surface area contributed by atoms with Gasteiger partial charge in [0.15, 0.2) is 6.10 Å². The summed E-state index contributed by atoms with van der Waals surface area (Å²) < 4.78 is 21.3. The van der Waals surface area contributed by atoms with Crippen LogP contribution in [0.25, 0.3) is 0 Å². The van der Waals surface area contributed by atoms with Crippen molar-refractivity contribution < 1.29 is 23.2 Å². The van der Waals surface area contributed by atoms with E-state index in [0.29, 0.717) is 35.7 Å². The van der Waals surface area contributed by atoms with Gasteiger partial charge < -0.3 is 9.22 Å². The number of ketones is 1. The van der Waals surface area contributed by atoms with Gasteiger partial charge in [-0.25, -0.2) is 9.18 Å². The van der Waals surface area contributed by atoms with Crippen LogP contribution in [0.3, 0.4) is 0 Å². The number of carbonyl (C=O) groups excluding carboxylic acids is 2. The number of halogens is 2. The van der Waals surface area contributed by atoms with E-state index in [9.17, 15) is 14.0 Å². The molecule has 1 amide bonds. The standard InChI is InChI=1S/C27H27BrFN2O3S/c28-26-11-10-23(35-26)16-30(22-8-6-21(29)7-9-22)27(33)34-25-18-31(14-12-20(25)13-15-31)17-24(32)19-4-2-1-3-5-19/h1-11,20,25H,12-18H2/q+1. The monoisotopic (exact) mass is 557 g/mol. The van der Waals surface area contributed by atoms with Crippen LogP contribution in [0.15, 0.2) is 70.5 Å². The van der Waals surface area contributed by atoms with Crippen LogP contribution < -0.4 is 4.90 Å². The normalized spacial score (nSPS) is 23.1. The molecule has 3 aromatic rings. The molecule has 0 N–H and O–H groups in total. The van der Waals surface area contributed by atoms with Gasteiger partial charge in [0, 0.05) is 34.9 Å². The molecular weight excluding hydrogens is 531 g/mol. The SMILES string of the molecule is O=C(C[N+]12CCC(CC1)C(OC(=O)N(Cc1ccc(Br)s1)c1ccc(F)cc1)C2)c1ccccc1. The number of ether oxygens (including phenoxy) is 1. The minimum Gasteiger partial charge on any atom is -0.440 e. The van der Waals surface area contributed by atoms with Crippen LogP contribution in [0.4, 0.5) is 14.9 Å². The zero-order valence-corrected chi connectivity index (χ0v) is 21.6. The summed E-state index contributed by atoms with van der Waals surface area (Å²) in [6, 6.07) is 19.2. The molecule has 2 aromatic carbocycles. The smallest absolute Gasteiger partial charge is 0.415 e. The number of Topliss-reactive ketones (excluding diaryl/α,β-unsaturated/α-hetero) is 1. The number of carbonyl (C=O) groups is 2. The first-order valence-corrected chi connectivity index (χ1v) is 13.4.